The smallest absolute Gasteiger partial charge is 0.308 e. The second-order valence-corrected chi connectivity index (χ2v) is 18.5. The van der Waals surface area contributed by atoms with Crippen LogP contribution in [0.2, 0.25) is 0 Å². The summed E-state index contributed by atoms with van der Waals surface area (Å²) < 4.78 is 23.7. The molecule has 0 saturated carbocycles. The lowest BCUT2D eigenvalue weighted by atomic mass is 9.82. The van der Waals surface area contributed by atoms with Crippen molar-refractivity contribution >= 4 is 11.9 Å². The third kappa shape index (κ3) is 19.8. The molecule has 2 fully saturated rings. The Morgan fingerprint density at radius 3 is 1.90 bits per heavy atom. The lowest BCUT2D eigenvalue weighted by Crippen LogP contribution is -2.62. The molecule has 19 atom stereocenters. The summed E-state index contributed by atoms with van der Waals surface area (Å²) in [5, 5.41) is 112. The summed E-state index contributed by atoms with van der Waals surface area (Å²) in [6.07, 6.45) is 5.67. The Labute approximate surface area is 400 Å². The first-order valence-corrected chi connectivity index (χ1v) is 23.9. The van der Waals surface area contributed by atoms with Gasteiger partial charge in [0, 0.05) is 44.1 Å². The van der Waals surface area contributed by atoms with E-state index in [1.807, 2.05) is 56.4 Å². The van der Waals surface area contributed by atoms with Crippen molar-refractivity contribution in [1.29, 1.82) is 0 Å². The molecule has 2 saturated heterocycles. The van der Waals surface area contributed by atoms with Crippen molar-refractivity contribution in [2.75, 3.05) is 6.54 Å². The lowest BCUT2D eigenvalue weighted by molar-refractivity contribution is -0.307. The van der Waals surface area contributed by atoms with Crippen molar-refractivity contribution in [3.63, 3.8) is 0 Å². The van der Waals surface area contributed by atoms with E-state index in [2.05, 4.69) is 5.32 Å². The molecule has 386 valence electrons. The van der Waals surface area contributed by atoms with E-state index >= 15 is 0 Å². The molecule has 0 aliphatic carbocycles. The first kappa shape index (κ1) is 58.9. The molecule has 0 aromatic rings. The highest BCUT2D eigenvalue weighted by Gasteiger charge is 2.51. The SMILES string of the molecule is CCCNC(=O)[C@H]1[C@@H]2C[C@@H](O[C@@H]3O[C@H](C)[C@@H](O)[C@H](N)[C@@H]3O)/C=C/C=C/C=C/C=C/C=C/C=C/C=C\[C@H](C)[C@@H](O)[C@@H](C)[C@H](C)OC(=O)C[C@H](O)C[C@H](O)CC[C@@H](O)[C@H](O)C[C@H](O)C[C@](O)(C[C@@H]1O)O2. The number of carbonyl (C=O) groups excluding carboxylic acids is 2. The summed E-state index contributed by atoms with van der Waals surface area (Å²) in [6, 6.07) is -1.12. The molecule has 3 heterocycles. The van der Waals surface area contributed by atoms with Gasteiger partial charge in [-0.05, 0) is 39.5 Å². The minimum Gasteiger partial charge on any atom is -0.462 e. The van der Waals surface area contributed by atoms with Crippen molar-refractivity contribution < 1.29 is 79.6 Å². The number of amides is 1. The van der Waals surface area contributed by atoms with Gasteiger partial charge in [0.15, 0.2) is 12.1 Å². The zero-order valence-corrected chi connectivity index (χ0v) is 40.0. The zero-order chi connectivity index (χ0) is 50.6. The molecule has 0 aromatic carbocycles. The minimum atomic E-state index is -2.25. The van der Waals surface area contributed by atoms with E-state index in [-0.39, 0.29) is 38.1 Å². The highest BCUT2D eigenvalue weighted by molar-refractivity contribution is 5.80. The van der Waals surface area contributed by atoms with E-state index in [4.69, 9.17) is 24.7 Å². The van der Waals surface area contributed by atoms with Gasteiger partial charge >= 0.3 is 5.97 Å². The summed E-state index contributed by atoms with van der Waals surface area (Å²) in [7, 11) is 0. The van der Waals surface area contributed by atoms with Gasteiger partial charge in [-0.15, -0.1) is 0 Å². The highest BCUT2D eigenvalue weighted by Crippen LogP contribution is 2.38. The van der Waals surface area contributed by atoms with Crippen LogP contribution in [-0.2, 0) is 28.5 Å². The molecule has 18 heteroatoms. The van der Waals surface area contributed by atoms with E-state index in [1.54, 1.807) is 63.3 Å². The van der Waals surface area contributed by atoms with Gasteiger partial charge in [-0.1, -0.05) is 106 Å². The number of carbonyl (C=O) groups is 2. The number of hydrogen-bond donors (Lipinski definition) is 12. The van der Waals surface area contributed by atoms with Gasteiger partial charge in [0.05, 0.1) is 85.5 Å². The third-order valence-electron chi connectivity index (χ3n) is 12.6. The van der Waals surface area contributed by atoms with Gasteiger partial charge in [0.2, 0.25) is 5.91 Å². The zero-order valence-electron chi connectivity index (χ0n) is 40.0. The first-order chi connectivity index (χ1) is 32.2. The van der Waals surface area contributed by atoms with Crippen molar-refractivity contribution in [1.82, 2.24) is 5.32 Å². The molecule has 0 aromatic heterocycles. The number of allylic oxidation sites excluding steroid dienone is 12. The fraction of sp³-hybridized carbons (Fsp3) is 0.680. The van der Waals surface area contributed by atoms with Crippen LogP contribution < -0.4 is 11.1 Å². The van der Waals surface area contributed by atoms with Crippen LogP contribution in [0, 0.1) is 17.8 Å². The number of nitrogens with one attached hydrogen (secondary N) is 1. The molecule has 3 rings (SSSR count). The summed E-state index contributed by atoms with van der Waals surface area (Å²) in [5.41, 5.74) is 6.09. The topological polar surface area (TPSA) is 311 Å². The molecule has 0 spiro atoms. The summed E-state index contributed by atoms with van der Waals surface area (Å²) in [4.78, 5) is 26.2. The van der Waals surface area contributed by atoms with Crippen LogP contribution in [0.15, 0.2) is 85.1 Å². The highest BCUT2D eigenvalue weighted by atomic mass is 16.7. The van der Waals surface area contributed by atoms with Gasteiger partial charge in [0.1, 0.15) is 12.2 Å². The maximum atomic E-state index is 13.6. The summed E-state index contributed by atoms with van der Waals surface area (Å²) in [6.45, 7) is 8.94. The molecular weight excluding hydrogens is 885 g/mol. The van der Waals surface area contributed by atoms with Gasteiger partial charge < -0.3 is 81.1 Å². The van der Waals surface area contributed by atoms with E-state index in [0.717, 1.165) is 0 Å². The van der Waals surface area contributed by atoms with Crippen molar-refractivity contribution in [3.05, 3.63) is 85.1 Å². The number of esters is 1. The van der Waals surface area contributed by atoms with E-state index in [9.17, 15) is 60.7 Å². The van der Waals surface area contributed by atoms with E-state index in [1.165, 1.54) is 0 Å². The molecule has 68 heavy (non-hydrogen) atoms. The Morgan fingerprint density at radius 1 is 0.706 bits per heavy atom. The molecule has 3 aliphatic rings. The maximum absolute atomic E-state index is 13.6. The Morgan fingerprint density at radius 2 is 1.29 bits per heavy atom. The van der Waals surface area contributed by atoms with Crippen LogP contribution >= 0.6 is 0 Å². The largest absolute Gasteiger partial charge is 0.462 e. The van der Waals surface area contributed by atoms with E-state index in [0.29, 0.717) is 6.42 Å². The van der Waals surface area contributed by atoms with Crippen LogP contribution in [0.4, 0.5) is 0 Å². The van der Waals surface area contributed by atoms with Crippen molar-refractivity contribution in [2.24, 2.45) is 23.5 Å². The Bertz CT molecular complexity index is 1720. The summed E-state index contributed by atoms with van der Waals surface area (Å²) in [5.74, 6) is -5.48. The normalized spacial score (nSPS) is 44.0. The average Bonchev–Trinajstić information content (AvgIpc) is 3.26. The van der Waals surface area contributed by atoms with Crippen LogP contribution in [0.1, 0.15) is 92.4 Å². The number of ether oxygens (including phenoxy) is 4. The number of aliphatic hydroxyl groups excluding tert-OH is 9. The number of nitrogens with two attached hydrogens (primary N) is 1. The molecule has 18 nitrogen and oxygen atoms in total. The second kappa shape index (κ2) is 29.7. The van der Waals surface area contributed by atoms with Crippen LogP contribution in [0.5, 0.6) is 0 Å². The lowest BCUT2D eigenvalue weighted by Gasteiger charge is -2.46. The predicted molar refractivity (Wildman–Crippen MR) is 253 cm³/mol. The molecule has 2 bridgehead atoms. The third-order valence-corrected chi connectivity index (χ3v) is 12.6. The maximum Gasteiger partial charge on any atom is 0.308 e. The quantitative estimate of drug-likeness (QED) is 0.172. The van der Waals surface area contributed by atoms with Gasteiger partial charge in [-0.25, -0.2) is 0 Å². The molecule has 1 amide bonds. The Kier molecular flexibility index (Phi) is 25.7. The molecular formula is C50H80N2O16. The van der Waals surface area contributed by atoms with Crippen molar-refractivity contribution in [3.8, 4) is 0 Å². The Balaban J connectivity index is 1.91. The van der Waals surface area contributed by atoms with E-state index < -0.39 is 147 Å². The first-order valence-electron chi connectivity index (χ1n) is 23.9. The minimum absolute atomic E-state index is 0.0884. The summed E-state index contributed by atoms with van der Waals surface area (Å²) >= 11 is 0. The fourth-order valence-corrected chi connectivity index (χ4v) is 8.36. The van der Waals surface area contributed by atoms with Gasteiger partial charge in [-0.3, -0.25) is 9.59 Å². The molecule has 0 unspecified atom stereocenters. The van der Waals surface area contributed by atoms with Gasteiger partial charge in [0.25, 0.3) is 0 Å². The predicted octanol–water partition coefficient (Wildman–Crippen LogP) is 1.15. The van der Waals surface area contributed by atoms with Gasteiger partial charge in [-0.2, -0.15) is 0 Å². The van der Waals surface area contributed by atoms with Crippen LogP contribution in [0.3, 0.4) is 0 Å². The van der Waals surface area contributed by atoms with Crippen LogP contribution in [-0.4, -0.2) is 167 Å². The number of rotatable bonds is 5. The Hall–Kier alpha value is -3.44. The number of cyclic esters (lactones) is 1. The monoisotopic (exact) mass is 965 g/mol. The number of aliphatic hydroxyl groups is 10. The molecule has 13 N–H and O–H groups in total. The second-order valence-electron chi connectivity index (χ2n) is 18.5. The molecule has 3 aliphatic heterocycles. The average molecular weight is 965 g/mol. The standard InChI is InChI=1S/C50H80N2O16/c1-6-23-52-48(63)43-40(58)29-50(64)28-36(55)25-39(57)38(56)22-21-34(53)24-35(54)26-42(59)65-32(4)31(3)45(60)30(2)19-17-15-13-11-9-7-8-10-12-14-16-18-20-37(27-41(43)68-50)67-49-47(62)44(51)46(61)33(5)66-49/h7-20,30-41,43-47,49,53-58,60-62,64H,6,21-29,51H2,1-5H3,(H,52,63)/b8-7+,11-9+,12-10+,15-13+,16-14+,19-17-,20-18+/t30-,31-,32-,33+,34+,35+,36-,37-,38+,39+,40-,41-,43+,44-,45+,46+,47-,49-,50+/m0/s1. The fourth-order valence-electron chi connectivity index (χ4n) is 8.36. The van der Waals surface area contributed by atoms with Crippen LogP contribution in [0.25, 0.3) is 0 Å². The number of hydrogen-bond acceptors (Lipinski definition) is 17. The number of fused-ring (bicyclic) bond motifs is 2. The molecule has 0 radical (unpaired) electrons. The van der Waals surface area contributed by atoms with Crippen molar-refractivity contribution in [2.45, 2.75) is 190 Å².